The number of nitrogens with one attached hydrogen (secondary N) is 1. The first-order valence-electron chi connectivity index (χ1n) is 7.57. The van der Waals surface area contributed by atoms with Crippen LogP contribution < -0.4 is 5.32 Å². The number of hydrogen-bond donors (Lipinski definition) is 1. The summed E-state index contributed by atoms with van der Waals surface area (Å²) in [4.78, 5) is 12.5. The SMILES string of the molecule is CC(Sc1ccc(F)cc1F)C(=O)Nc1ccc2c(c1)CCC2. The summed E-state index contributed by atoms with van der Waals surface area (Å²) in [6.07, 6.45) is 3.30. The van der Waals surface area contributed by atoms with Gasteiger partial charge in [0.2, 0.25) is 5.91 Å². The zero-order valence-corrected chi connectivity index (χ0v) is 13.6. The second-order valence-electron chi connectivity index (χ2n) is 5.66. The number of rotatable bonds is 4. The average molecular weight is 333 g/mol. The van der Waals surface area contributed by atoms with E-state index < -0.39 is 16.9 Å². The molecule has 0 saturated carbocycles. The topological polar surface area (TPSA) is 29.1 Å². The highest BCUT2D eigenvalue weighted by Gasteiger charge is 2.18. The molecule has 0 saturated heterocycles. The number of anilines is 1. The minimum atomic E-state index is -0.646. The van der Waals surface area contributed by atoms with E-state index in [9.17, 15) is 13.6 Å². The maximum absolute atomic E-state index is 13.7. The van der Waals surface area contributed by atoms with Crippen molar-refractivity contribution in [3.8, 4) is 0 Å². The summed E-state index contributed by atoms with van der Waals surface area (Å²) >= 11 is 1.08. The fourth-order valence-corrected chi connectivity index (χ4v) is 3.57. The van der Waals surface area contributed by atoms with Gasteiger partial charge >= 0.3 is 0 Å². The summed E-state index contributed by atoms with van der Waals surface area (Å²) in [5.41, 5.74) is 3.40. The summed E-state index contributed by atoms with van der Waals surface area (Å²) in [5.74, 6) is -1.47. The van der Waals surface area contributed by atoms with E-state index in [1.165, 1.54) is 23.3 Å². The highest BCUT2D eigenvalue weighted by atomic mass is 32.2. The number of hydrogen-bond acceptors (Lipinski definition) is 2. The second-order valence-corrected chi connectivity index (χ2v) is 7.04. The standard InChI is InChI=1S/C18H17F2NOS/c1-11(23-17-8-6-14(19)10-16(17)20)18(22)21-15-7-5-12-3-2-4-13(12)9-15/h5-11H,2-4H2,1H3,(H,21,22). The molecule has 0 radical (unpaired) electrons. The van der Waals surface area contributed by atoms with Gasteiger partial charge in [0, 0.05) is 16.6 Å². The molecule has 0 aliphatic heterocycles. The summed E-state index contributed by atoms with van der Waals surface area (Å²) in [6, 6.07) is 9.34. The number of thioether (sulfide) groups is 1. The monoisotopic (exact) mass is 333 g/mol. The van der Waals surface area contributed by atoms with Gasteiger partial charge in [-0.3, -0.25) is 4.79 Å². The number of benzene rings is 2. The van der Waals surface area contributed by atoms with Crippen molar-refractivity contribution >= 4 is 23.4 Å². The molecule has 1 atom stereocenters. The minimum absolute atomic E-state index is 0.198. The smallest absolute Gasteiger partial charge is 0.237 e. The van der Waals surface area contributed by atoms with E-state index in [-0.39, 0.29) is 10.8 Å². The Labute approximate surface area is 138 Å². The molecule has 0 bridgehead atoms. The lowest BCUT2D eigenvalue weighted by Gasteiger charge is -2.13. The van der Waals surface area contributed by atoms with E-state index in [1.54, 1.807) is 6.92 Å². The molecule has 0 spiro atoms. The third kappa shape index (κ3) is 3.72. The highest BCUT2D eigenvalue weighted by molar-refractivity contribution is 8.00. The molecule has 1 amide bonds. The van der Waals surface area contributed by atoms with Crippen LogP contribution in [-0.4, -0.2) is 11.2 Å². The van der Waals surface area contributed by atoms with Crippen LogP contribution in [-0.2, 0) is 17.6 Å². The zero-order chi connectivity index (χ0) is 16.4. The molecule has 1 unspecified atom stereocenters. The minimum Gasteiger partial charge on any atom is -0.325 e. The van der Waals surface area contributed by atoms with Crippen LogP contribution in [0.5, 0.6) is 0 Å². The van der Waals surface area contributed by atoms with Crippen molar-refractivity contribution in [1.29, 1.82) is 0 Å². The number of amides is 1. The lowest BCUT2D eigenvalue weighted by atomic mass is 10.1. The fraction of sp³-hybridized carbons (Fsp3) is 0.278. The van der Waals surface area contributed by atoms with Gasteiger partial charge in [0.05, 0.1) is 5.25 Å². The maximum Gasteiger partial charge on any atom is 0.237 e. The summed E-state index contributed by atoms with van der Waals surface area (Å²) in [5, 5.41) is 2.38. The Bertz CT molecular complexity index is 748. The molecular formula is C18H17F2NOS. The predicted molar refractivity (Wildman–Crippen MR) is 88.8 cm³/mol. The number of carbonyl (C=O) groups excluding carboxylic acids is 1. The summed E-state index contributed by atoms with van der Waals surface area (Å²) in [6.45, 7) is 1.70. The molecule has 2 aromatic carbocycles. The van der Waals surface area contributed by atoms with E-state index in [0.717, 1.165) is 42.8 Å². The fourth-order valence-electron chi connectivity index (χ4n) is 2.71. The lowest BCUT2D eigenvalue weighted by Crippen LogP contribution is -2.22. The molecular weight excluding hydrogens is 316 g/mol. The van der Waals surface area contributed by atoms with E-state index in [2.05, 4.69) is 11.4 Å². The van der Waals surface area contributed by atoms with Crippen LogP contribution in [0, 0.1) is 11.6 Å². The third-order valence-corrected chi connectivity index (χ3v) is 5.09. The number of aryl methyl sites for hydroxylation is 2. The third-order valence-electron chi connectivity index (χ3n) is 3.93. The van der Waals surface area contributed by atoms with Crippen LogP contribution in [0.3, 0.4) is 0 Å². The van der Waals surface area contributed by atoms with Crippen molar-refractivity contribution in [2.24, 2.45) is 0 Å². The van der Waals surface area contributed by atoms with Crippen molar-refractivity contribution < 1.29 is 13.6 Å². The number of carbonyl (C=O) groups is 1. The zero-order valence-electron chi connectivity index (χ0n) is 12.7. The average Bonchev–Trinajstić information content (AvgIpc) is 2.97. The highest BCUT2D eigenvalue weighted by Crippen LogP contribution is 2.28. The van der Waals surface area contributed by atoms with Crippen LogP contribution in [0.25, 0.3) is 0 Å². The van der Waals surface area contributed by atoms with E-state index in [1.807, 2.05) is 12.1 Å². The van der Waals surface area contributed by atoms with Crippen molar-refractivity contribution in [1.82, 2.24) is 0 Å². The Balaban J connectivity index is 1.65. The van der Waals surface area contributed by atoms with Gasteiger partial charge in [-0.1, -0.05) is 6.07 Å². The van der Waals surface area contributed by atoms with Crippen LogP contribution in [0.4, 0.5) is 14.5 Å². The summed E-state index contributed by atoms with van der Waals surface area (Å²) < 4.78 is 26.6. The van der Waals surface area contributed by atoms with Crippen LogP contribution in [0.1, 0.15) is 24.5 Å². The molecule has 0 aromatic heterocycles. The first-order chi connectivity index (χ1) is 11.0. The summed E-state index contributed by atoms with van der Waals surface area (Å²) in [7, 11) is 0. The molecule has 2 aromatic rings. The van der Waals surface area contributed by atoms with E-state index in [0.29, 0.717) is 0 Å². The molecule has 1 aliphatic carbocycles. The maximum atomic E-state index is 13.7. The number of fused-ring (bicyclic) bond motifs is 1. The van der Waals surface area contributed by atoms with Crippen molar-refractivity contribution in [2.75, 3.05) is 5.32 Å². The van der Waals surface area contributed by atoms with E-state index >= 15 is 0 Å². The molecule has 0 heterocycles. The molecule has 120 valence electrons. The molecule has 0 fully saturated rings. The lowest BCUT2D eigenvalue weighted by molar-refractivity contribution is -0.115. The first-order valence-corrected chi connectivity index (χ1v) is 8.45. The largest absolute Gasteiger partial charge is 0.325 e. The molecule has 1 N–H and O–H groups in total. The Morgan fingerprint density at radius 3 is 2.70 bits per heavy atom. The van der Waals surface area contributed by atoms with Gasteiger partial charge in [0.15, 0.2) is 0 Å². The quantitative estimate of drug-likeness (QED) is 0.830. The Hall–Kier alpha value is -1.88. The van der Waals surface area contributed by atoms with Crippen LogP contribution >= 0.6 is 11.8 Å². The van der Waals surface area contributed by atoms with Crippen molar-refractivity contribution in [2.45, 2.75) is 36.3 Å². The van der Waals surface area contributed by atoms with Gasteiger partial charge in [-0.05, 0) is 61.6 Å². The van der Waals surface area contributed by atoms with Crippen LogP contribution in [0.15, 0.2) is 41.3 Å². The predicted octanol–water partition coefficient (Wildman–Crippen LogP) is 4.57. The molecule has 2 nitrogen and oxygen atoms in total. The van der Waals surface area contributed by atoms with E-state index in [4.69, 9.17) is 0 Å². The second kappa shape index (κ2) is 6.71. The molecule has 5 heteroatoms. The van der Waals surface area contributed by atoms with Gasteiger partial charge < -0.3 is 5.32 Å². The van der Waals surface area contributed by atoms with Gasteiger partial charge in [-0.25, -0.2) is 8.78 Å². The van der Waals surface area contributed by atoms with Gasteiger partial charge in [0.25, 0.3) is 0 Å². The van der Waals surface area contributed by atoms with Crippen molar-refractivity contribution in [3.05, 3.63) is 59.2 Å². The van der Waals surface area contributed by atoms with Gasteiger partial charge in [-0.15, -0.1) is 11.8 Å². The first kappa shape index (κ1) is 16.0. The Kier molecular flexibility index (Phi) is 4.66. The molecule has 3 rings (SSSR count). The number of halogens is 2. The molecule has 1 aliphatic rings. The Morgan fingerprint density at radius 2 is 1.91 bits per heavy atom. The Morgan fingerprint density at radius 1 is 1.13 bits per heavy atom. The van der Waals surface area contributed by atoms with Crippen LogP contribution in [0.2, 0.25) is 0 Å². The van der Waals surface area contributed by atoms with Crippen molar-refractivity contribution in [3.63, 3.8) is 0 Å². The normalized spacial score (nSPS) is 14.4. The van der Waals surface area contributed by atoms with Gasteiger partial charge in [-0.2, -0.15) is 0 Å². The van der Waals surface area contributed by atoms with Gasteiger partial charge in [0.1, 0.15) is 11.6 Å². The molecule has 23 heavy (non-hydrogen) atoms.